The number of nitrogen functional groups attached to an aromatic ring is 2. The number of hydrogen-bond donors (Lipinski definition) is 3. The van der Waals surface area contributed by atoms with Crippen LogP contribution in [0.2, 0.25) is 0 Å². The first-order valence-electron chi connectivity index (χ1n) is 12.4. The molecule has 36 heavy (non-hydrogen) atoms. The number of rotatable bonds is 8. The Morgan fingerprint density at radius 2 is 1.47 bits per heavy atom. The number of nitrogens with two attached hydrogens (primary N) is 2. The maximum absolute atomic E-state index is 11.9. The molecule has 7 heteroatoms. The van der Waals surface area contributed by atoms with Gasteiger partial charge in [0.25, 0.3) is 0 Å². The van der Waals surface area contributed by atoms with Crippen LogP contribution in [-0.2, 0) is 16.1 Å². The van der Waals surface area contributed by atoms with Crippen LogP contribution >= 0.6 is 0 Å². The Morgan fingerprint density at radius 1 is 0.806 bits per heavy atom. The molecule has 0 radical (unpaired) electrons. The predicted octanol–water partition coefficient (Wildman–Crippen LogP) is 4.27. The van der Waals surface area contributed by atoms with Crippen LogP contribution in [0, 0.1) is 0 Å². The van der Waals surface area contributed by atoms with E-state index in [0.29, 0.717) is 24.3 Å². The van der Waals surface area contributed by atoms with Crippen LogP contribution in [0.15, 0.2) is 66.7 Å². The fraction of sp³-hybridized carbons (Fsp3) is 0.276. The fourth-order valence-electron chi connectivity index (χ4n) is 5.28. The molecule has 0 amide bonds. The van der Waals surface area contributed by atoms with Gasteiger partial charge in [-0.05, 0) is 49.2 Å². The van der Waals surface area contributed by atoms with Crippen molar-refractivity contribution in [2.75, 3.05) is 18.0 Å². The number of nitrogens with zero attached hydrogens (tertiary/aromatic N) is 2. The van der Waals surface area contributed by atoms with Gasteiger partial charge >= 0.3 is 0 Å². The van der Waals surface area contributed by atoms with Gasteiger partial charge in [0.2, 0.25) is 11.2 Å². The number of carbonyl (C=O) groups excluding carboxylic acids is 2. The number of aryl methyl sites for hydroxylation is 1. The first-order valence-corrected chi connectivity index (χ1v) is 12.4. The van der Waals surface area contributed by atoms with E-state index in [1.54, 1.807) is 0 Å². The number of carbonyl (C=O) groups is 2. The van der Waals surface area contributed by atoms with Gasteiger partial charge in [0.15, 0.2) is 17.6 Å². The number of hydroxylamine groups is 2. The number of hydrogen-bond acceptors (Lipinski definition) is 6. The highest BCUT2D eigenvalue weighted by Crippen LogP contribution is 2.33. The number of Topliss-reactive ketones (excluding diaryl/α,β-unsaturated/α-hetero) is 2. The molecule has 184 valence electrons. The molecule has 1 fully saturated rings. The summed E-state index contributed by atoms with van der Waals surface area (Å²) in [5.74, 6) is -0.380. The summed E-state index contributed by atoms with van der Waals surface area (Å²) < 4.78 is 2.31. The lowest BCUT2D eigenvalue weighted by molar-refractivity contribution is -0.659. The quantitative estimate of drug-likeness (QED) is 0.0861. The largest absolute Gasteiger partial charge is 0.399 e. The predicted molar refractivity (Wildman–Crippen MR) is 141 cm³/mol. The molecule has 0 aliphatic heterocycles. The monoisotopic (exact) mass is 483 g/mol. The Kier molecular flexibility index (Phi) is 6.67. The van der Waals surface area contributed by atoms with Crippen molar-refractivity contribution in [3.63, 3.8) is 0 Å². The molecule has 0 unspecified atom stereocenters. The van der Waals surface area contributed by atoms with E-state index >= 15 is 0 Å². The Hall–Kier alpha value is -3.81. The summed E-state index contributed by atoms with van der Waals surface area (Å²) in [7, 11) is 0. The zero-order chi connectivity index (χ0) is 25.2. The van der Waals surface area contributed by atoms with Gasteiger partial charge in [-0.25, -0.2) is 0 Å². The smallest absolute Gasteiger partial charge is 0.220 e. The first kappa shape index (κ1) is 23.9. The van der Waals surface area contributed by atoms with Gasteiger partial charge < -0.3 is 16.7 Å². The third-order valence-electron chi connectivity index (χ3n) is 7.01. The Bertz CT molecular complexity index is 1440. The van der Waals surface area contributed by atoms with Crippen molar-refractivity contribution in [2.24, 2.45) is 0 Å². The lowest BCUT2D eigenvalue weighted by atomic mass is 9.98. The second kappa shape index (κ2) is 10.0. The third kappa shape index (κ3) is 4.55. The summed E-state index contributed by atoms with van der Waals surface area (Å²) in [4.78, 5) is 23.8. The van der Waals surface area contributed by atoms with Crippen LogP contribution in [0.3, 0.4) is 0 Å². The summed E-state index contributed by atoms with van der Waals surface area (Å²) in [6.45, 7) is 1.03. The van der Waals surface area contributed by atoms with Gasteiger partial charge in [0, 0.05) is 54.2 Å². The highest BCUT2D eigenvalue weighted by atomic mass is 16.5. The zero-order valence-electron chi connectivity index (χ0n) is 20.2. The van der Waals surface area contributed by atoms with Gasteiger partial charge in [-0.1, -0.05) is 24.3 Å². The number of unbranched alkanes of at least 4 members (excludes halogenated alkanes) is 2. The SMILES string of the molecule is Nc1ccc2c(c1)c(-c1ccccc1)[n+](CCCCCN(O)C1C(=O)CCC1=O)c1cc(N)ccc21. The maximum atomic E-state index is 11.9. The number of pyridine rings is 1. The molecule has 1 aliphatic carbocycles. The minimum absolute atomic E-state index is 0.190. The number of aromatic nitrogens is 1. The molecule has 5 rings (SSSR count). The molecule has 1 aliphatic rings. The summed E-state index contributed by atoms with van der Waals surface area (Å²) in [6.07, 6.45) is 2.80. The van der Waals surface area contributed by atoms with Crippen LogP contribution in [0.5, 0.6) is 0 Å². The molecular weight excluding hydrogens is 452 g/mol. The topological polar surface area (TPSA) is 114 Å². The van der Waals surface area contributed by atoms with E-state index in [0.717, 1.165) is 57.4 Å². The van der Waals surface area contributed by atoms with Crippen molar-refractivity contribution >= 4 is 44.6 Å². The van der Waals surface area contributed by atoms with Crippen molar-refractivity contribution in [3.8, 4) is 11.3 Å². The lowest BCUT2D eigenvalue weighted by Gasteiger charge is -2.19. The second-order valence-corrected chi connectivity index (χ2v) is 9.51. The van der Waals surface area contributed by atoms with E-state index in [1.807, 2.05) is 42.5 Å². The molecule has 0 saturated heterocycles. The van der Waals surface area contributed by atoms with Crippen molar-refractivity contribution < 1.29 is 19.4 Å². The Balaban J connectivity index is 1.46. The van der Waals surface area contributed by atoms with E-state index in [4.69, 9.17) is 11.5 Å². The highest BCUT2D eigenvalue weighted by molar-refractivity contribution is 6.12. The molecule has 5 N–H and O–H groups in total. The molecule has 0 spiro atoms. The lowest BCUT2D eigenvalue weighted by Crippen LogP contribution is -2.41. The molecule has 1 saturated carbocycles. The van der Waals surface area contributed by atoms with Crippen molar-refractivity contribution in [3.05, 3.63) is 66.7 Å². The minimum Gasteiger partial charge on any atom is -0.399 e. The average Bonchev–Trinajstić information content (AvgIpc) is 3.21. The van der Waals surface area contributed by atoms with E-state index in [1.165, 1.54) is 0 Å². The third-order valence-corrected chi connectivity index (χ3v) is 7.01. The molecular formula is C29H31N4O3+. The van der Waals surface area contributed by atoms with E-state index in [9.17, 15) is 14.8 Å². The Labute approximate surface area is 209 Å². The number of ketones is 2. The van der Waals surface area contributed by atoms with Crippen LogP contribution in [0.4, 0.5) is 11.4 Å². The second-order valence-electron chi connectivity index (χ2n) is 9.51. The molecule has 3 aromatic carbocycles. The normalized spacial score (nSPS) is 14.5. The maximum Gasteiger partial charge on any atom is 0.220 e. The van der Waals surface area contributed by atoms with Crippen LogP contribution in [-0.4, -0.2) is 34.4 Å². The molecule has 4 aromatic rings. The molecule has 0 bridgehead atoms. The average molecular weight is 484 g/mol. The Morgan fingerprint density at radius 3 is 2.19 bits per heavy atom. The number of anilines is 2. The van der Waals surface area contributed by atoms with Crippen molar-refractivity contribution in [1.82, 2.24) is 5.06 Å². The summed E-state index contributed by atoms with van der Waals surface area (Å²) in [6, 6.07) is 21.3. The number of benzene rings is 3. The summed E-state index contributed by atoms with van der Waals surface area (Å²) in [5.41, 5.74) is 17.1. The minimum atomic E-state index is -0.984. The summed E-state index contributed by atoms with van der Waals surface area (Å²) in [5, 5.41) is 14.5. The van der Waals surface area contributed by atoms with Crippen LogP contribution < -0.4 is 16.0 Å². The van der Waals surface area contributed by atoms with Crippen LogP contribution in [0.25, 0.3) is 32.9 Å². The highest BCUT2D eigenvalue weighted by Gasteiger charge is 2.37. The molecule has 1 aromatic heterocycles. The van der Waals surface area contributed by atoms with E-state index in [2.05, 4.69) is 28.8 Å². The van der Waals surface area contributed by atoms with Gasteiger partial charge in [-0.15, -0.1) is 0 Å². The molecule has 1 heterocycles. The van der Waals surface area contributed by atoms with Crippen molar-refractivity contribution in [1.29, 1.82) is 0 Å². The van der Waals surface area contributed by atoms with E-state index in [-0.39, 0.29) is 24.4 Å². The fourth-order valence-corrected chi connectivity index (χ4v) is 5.28. The molecule has 0 atom stereocenters. The van der Waals surface area contributed by atoms with Crippen LogP contribution in [0.1, 0.15) is 32.1 Å². The number of fused-ring (bicyclic) bond motifs is 3. The van der Waals surface area contributed by atoms with E-state index < -0.39 is 6.04 Å². The van der Waals surface area contributed by atoms with Crippen molar-refractivity contribution in [2.45, 2.75) is 44.7 Å². The standard InChI is InChI=1S/C29H30N4O3/c30-20-9-11-22-23-12-10-21(31)18-25(23)32(28(24(22)17-20)19-7-3-1-4-8-19)15-5-2-6-16-33(36)29-26(34)13-14-27(29)35/h1,3-4,7-12,17-18,29,31,36H,2,5-6,13-16,30H2/p+1. The van der Waals surface area contributed by atoms with Gasteiger partial charge in [-0.3, -0.25) is 9.59 Å². The molecule has 7 nitrogen and oxygen atoms in total. The van der Waals surface area contributed by atoms with Gasteiger partial charge in [0.05, 0.1) is 10.8 Å². The zero-order valence-corrected chi connectivity index (χ0v) is 20.2. The summed E-state index contributed by atoms with van der Waals surface area (Å²) >= 11 is 0. The van der Waals surface area contributed by atoms with Gasteiger partial charge in [-0.2, -0.15) is 9.63 Å². The van der Waals surface area contributed by atoms with Gasteiger partial charge in [0.1, 0.15) is 6.54 Å². The first-order chi connectivity index (χ1) is 17.4.